The number of benzene rings is 1. The SMILES string of the molecule is O=S(c1ccccn1)C(O)c1nc2ccccc2[nH]1. The Morgan fingerprint density at radius 3 is 2.68 bits per heavy atom. The molecule has 2 unspecified atom stereocenters. The Kier molecular flexibility index (Phi) is 3.10. The number of nitrogens with one attached hydrogen (secondary N) is 1. The lowest BCUT2D eigenvalue weighted by atomic mass is 10.3. The number of aliphatic hydroxyl groups excluding tert-OH is 1. The van der Waals surface area contributed by atoms with Crippen LogP contribution in [0, 0.1) is 0 Å². The summed E-state index contributed by atoms with van der Waals surface area (Å²) in [5, 5.41) is 10.4. The van der Waals surface area contributed by atoms with Crippen molar-refractivity contribution in [2.75, 3.05) is 0 Å². The van der Waals surface area contributed by atoms with Gasteiger partial charge in [0.15, 0.2) is 5.44 Å². The van der Waals surface area contributed by atoms with E-state index in [1.165, 1.54) is 0 Å². The Labute approximate surface area is 111 Å². The van der Waals surface area contributed by atoms with Gasteiger partial charge in [-0.25, -0.2) is 14.2 Å². The third-order valence-corrected chi connectivity index (χ3v) is 3.97. The standard InChI is InChI=1S/C13H11N3O2S/c17-13(19(18)11-7-3-4-8-14-11)12-15-9-5-1-2-6-10(9)16-12/h1-8,13,17H,(H,15,16). The molecule has 0 fully saturated rings. The van der Waals surface area contributed by atoms with Gasteiger partial charge < -0.3 is 10.1 Å². The number of hydrogen-bond acceptors (Lipinski definition) is 4. The van der Waals surface area contributed by atoms with Crippen LogP contribution in [0.2, 0.25) is 0 Å². The molecule has 96 valence electrons. The molecule has 0 aliphatic heterocycles. The molecule has 1 aromatic carbocycles. The Morgan fingerprint density at radius 1 is 1.16 bits per heavy atom. The molecular weight excluding hydrogens is 262 g/mol. The van der Waals surface area contributed by atoms with Crippen LogP contribution in [0.1, 0.15) is 11.3 Å². The van der Waals surface area contributed by atoms with Crippen molar-refractivity contribution in [2.45, 2.75) is 10.5 Å². The minimum atomic E-state index is -1.66. The first-order valence-corrected chi connectivity index (χ1v) is 6.91. The van der Waals surface area contributed by atoms with Crippen LogP contribution in [0.5, 0.6) is 0 Å². The summed E-state index contributed by atoms with van der Waals surface area (Å²) in [6, 6.07) is 12.5. The number of nitrogens with zero attached hydrogens (tertiary/aromatic N) is 2. The van der Waals surface area contributed by atoms with Gasteiger partial charge in [-0.3, -0.25) is 0 Å². The van der Waals surface area contributed by atoms with E-state index in [9.17, 15) is 9.32 Å². The summed E-state index contributed by atoms with van der Waals surface area (Å²) in [7, 11) is -1.66. The van der Waals surface area contributed by atoms with Gasteiger partial charge in [0.1, 0.15) is 21.6 Å². The molecule has 3 rings (SSSR count). The maximum atomic E-state index is 12.2. The molecule has 2 N–H and O–H groups in total. The summed E-state index contributed by atoms with van der Waals surface area (Å²) in [5.74, 6) is 0.283. The van der Waals surface area contributed by atoms with E-state index in [-0.39, 0.29) is 5.82 Å². The highest BCUT2D eigenvalue weighted by Crippen LogP contribution is 2.21. The normalized spacial score (nSPS) is 14.4. The van der Waals surface area contributed by atoms with Crippen molar-refractivity contribution in [3.63, 3.8) is 0 Å². The van der Waals surface area contributed by atoms with Gasteiger partial charge >= 0.3 is 0 Å². The molecule has 2 atom stereocenters. The minimum absolute atomic E-state index is 0.283. The average Bonchev–Trinajstić information content (AvgIpc) is 2.90. The molecule has 0 bridgehead atoms. The summed E-state index contributed by atoms with van der Waals surface area (Å²) < 4.78 is 12.2. The fourth-order valence-corrected chi connectivity index (χ4v) is 2.69. The van der Waals surface area contributed by atoms with Gasteiger partial charge in [0.05, 0.1) is 11.0 Å². The molecule has 0 saturated heterocycles. The number of rotatable bonds is 3. The number of aliphatic hydroxyl groups is 1. The van der Waals surface area contributed by atoms with Gasteiger partial charge in [-0.05, 0) is 24.3 Å². The lowest BCUT2D eigenvalue weighted by Gasteiger charge is -2.06. The van der Waals surface area contributed by atoms with E-state index < -0.39 is 16.2 Å². The number of aromatic amines is 1. The van der Waals surface area contributed by atoms with E-state index >= 15 is 0 Å². The van der Waals surface area contributed by atoms with Crippen LogP contribution in [0.25, 0.3) is 11.0 Å². The van der Waals surface area contributed by atoms with E-state index in [1.54, 1.807) is 24.4 Å². The molecule has 19 heavy (non-hydrogen) atoms. The van der Waals surface area contributed by atoms with Crippen molar-refractivity contribution < 1.29 is 9.32 Å². The molecule has 0 radical (unpaired) electrons. The zero-order valence-electron chi connectivity index (χ0n) is 9.85. The van der Waals surface area contributed by atoms with Crippen LogP contribution in [0.15, 0.2) is 53.7 Å². The molecule has 5 nitrogen and oxygen atoms in total. The van der Waals surface area contributed by atoms with E-state index in [4.69, 9.17) is 0 Å². The highest BCUT2D eigenvalue weighted by molar-refractivity contribution is 7.85. The number of imidazole rings is 1. The smallest absolute Gasteiger partial charge is 0.193 e. The fraction of sp³-hybridized carbons (Fsp3) is 0.0769. The van der Waals surface area contributed by atoms with Crippen molar-refractivity contribution in [1.29, 1.82) is 0 Å². The summed E-state index contributed by atoms with van der Waals surface area (Å²) in [5.41, 5.74) is 0.312. The maximum absolute atomic E-state index is 12.2. The van der Waals surface area contributed by atoms with Crippen LogP contribution in [-0.2, 0) is 10.8 Å². The molecule has 3 aromatic rings. The summed E-state index contributed by atoms with van der Waals surface area (Å²) >= 11 is 0. The first-order chi connectivity index (χ1) is 9.25. The van der Waals surface area contributed by atoms with Crippen LogP contribution in [0.3, 0.4) is 0 Å². The van der Waals surface area contributed by atoms with E-state index in [1.807, 2.05) is 24.3 Å². The van der Waals surface area contributed by atoms with Crippen molar-refractivity contribution in [1.82, 2.24) is 15.0 Å². The van der Waals surface area contributed by atoms with Crippen LogP contribution in [-0.4, -0.2) is 24.3 Å². The van der Waals surface area contributed by atoms with E-state index in [0.717, 1.165) is 11.0 Å². The molecule has 2 aromatic heterocycles. The number of hydrogen-bond donors (Lipinski definition) is 2. The number of fused-ring (bicyclic) bond motifs is 1. The quantitative estimate of drug-likeness (QED) is 0.762. The van der Waals surface area contributed by atoms with Gasteiger partial charge in [0, 0.05) is 6.20 Å². The van der Waals surface area contributed by atoms with Gasteiger partial charge in [-0.2, -0.15) is 0 Å². The second-order valence-corrected chi connectivity index (χ2v) is 5.42. The van der Waals surface area contributed by atoms with Crippen molar-refractivity contribution in [2.24, 2.45) is 0 Å². The van der Waals surface area contributed by atoms with E-state index in [2.05, 4.69) is 15.0 Å². The van der Waals surface area contributed by atoms with Crippen molar-refractivity contribution in [3.05, 3.63) is 54.5 Å². The zero-order valence-corrected chi connectivity index (χ0v) is 10.7. The van der Waals surface area contributed by atoms with Gasteiger partial charge in [0.2, 0.25) is 0 Å². The maximum Gasteiger partial charge on any atom is 0.193 e. The average molecular weight is 273 g/mol. The predicted molar refractivity (Wildman–Crippen MR) is 71.7 cm³/mol. The predicted octanol–water partition coefficient (Wildman–Crippen LogP) is 1.76. The zero-order chi connectivity index (χ0) is 13.2. The monoisotopic (exact) mass is 273 g/mol. The Morgan fingerprint density at radius 2 is 1.95 bits per heavy atom. The van der Waals surface area contributed by atoms with E-state index in [0.29, 0.717) is 5.03 Å². The van der Waals surface area contributed by atoms with Crippen LogP contribution in [0.4, 0.5) is 0 Å². The molecule has 0 spiro atoms. The Bertz CT molecular complexity index is 694. The Hall–Kier alpha value is -2.05. The lowest BCUT2D eigenvalue weighted by molar-refractivity contribution is 0.254. The summed E-state index contributed by atoms with van der Waals surface area (Å²) in [4.78, 5) is 11.2. The minimum Gasteiger partial charge on any atom is -0.372 e. The second kappa shape index (κ2) is 4.91. The largest absolute Gasteiger partial charge is 0.372 e. The summed E-state index contributed by atoms with van der Waals surface area (Å²) in [6.45, 7) is 0. The number of aromatic nitrogens is 3. The first kappa shape index (κ1) is 12.0. The molecule has 0 aliphatic rings. The Balaban J connectivity index is 1.95. The summed E-state index contributed by atoms with van der Waals surface area (Å²) in [6.07, 6.45) is 1.54. The first-order valence-electron chi connectivity index (χ1n) is 5.70. The van der Waals surface area contributed by atoms with Gasteiger partial charge in [-0.1, -0.05) is 18.2 Å². The molecule has 6 heteroatoms. The van der Waals surface area contributed by atoms with Gasteiger partial charge in [0.25, 0.3) is 0 Å². The molecular formula is C13H11N3O2S. The third kappa shape index (κ3) is 2.27. The number of pyridine rings is 1. The topological polar surface area (TPSA) is 78.9 Å². The highest BCUT2D eigenvalue weighted by Gasteiger charge is 2.21. The molecule has 0 amide bonds. The molecule has 0 saturated carbocycles. The number of H-pyrrole nitrogens is 1. The van der Waals surface area contributed by atoms with Crippen LogP contribution < -0.4 is 0 Å². The molecule has 0 aliphatic carbocycles. The highest BCUT2D eigenvalue weighted by atomic mass is 32.2. The third-order valence-electron chi connectivity index (χ3n) is 2.69. The van der Waals surface area contributed by atoms with Crippen LogP contribution >= 0.6 is 0 Å². The fourth-order valence-electron chi connectivity index (χ4n) is 1.77. The lowest BCUT2D eigenvalue weighted by Crippen LogP contribution is -2.09. The van der Waals surface area contributed by atoms with Crippen molar-refractivity contribution >= 4 is 21.8 Å². The van der Waals surface area contributed by atoms with Gasteiger partial charge in [-0.15, -0.1) is 0 Å². The van der Waals surface area contributed by atoms with Crippen molar-refractivity contribution in [3.8, 4) is 0 Å². The number of para-hydroxylation sites is 2. The molecule has 2 heterocycles. The second-order valence-electron chi connectivity index (χ2n) is 3.96.